The molecule has 1 aromatic rings. The van der Waals surface area contributed by atoms with E-state index in [1.807, 2.05) is 6.92 Å². The number of carbonyl (C=O) groups is 2. The van der Waals surface area contributed by atoms with Gasteiger partial charge in [-0.15, -0.1) is 0 Å². The van der Waals surface area contributed by atoms with Crippen LogP contribution in [0.2, 0.25) is 0 Å². The highest BCUT2D eigenvalue weighted by atomic mass is 32.2. The van der Waals surface area contributed by atoms with Gasteiger partial charge in [-0.25, -0.2) is 17.5 Å². The number of alkyl halides is 3. The van der Waals surface area contributed by atoms with Crippen molar-refractivity contribution in [3.63, 3.8) is 0 Å². The molecule has 1 amide bonds. The number of piperidine rings is 1. The highest BCUT2D eigenvalue weighted by Gasteiger charge is 2.39. The molecule has 0 aliphatic carbocycles. The maximum atomic E-state index is 13.4. The third-order valence-electron chi connectivity index (χ3n) is 5.27. The fraction of sp³-hybridized carbons (Fsp3) is 0.600. The predicted molar refractivity (Wildman–Crippen MR) is 107 cm³/mol. The number of esters is 1. The average molecular weight is 465 g/mol. The van der Waals surface area contributed by atoms with Crippen molar-refractivity contribution >= 4 is 21.9 Å². The number of nitrogens with zero attached hydrogens (tertiary/aromatic N) is 1. The van der Waals surface area contributed by atoms with Crippen LogP contribution in [0.15, 0.2) is 24.3 Å². The van der Waals surface area contributed by atoms with Gasteiger partial charge in [-0.05, 0) is 30.9 Å². The Kier molecular flexibility index (Phi) is 8.47. The molecule has 1 saturated heterocycles. The van der Waals surface area contributed by atoms with E-state index in [0.29, 0.717) is 6.42 Å². The molecule has 1 aromatic carbocycles. The van der Waals surface area contributed by atoms with Crippen LogP contribution in [0.1, 0.15) is 49.8 Å². The number of halogens is 3. The molecular weight excluding hydrogens is 437 g/mol. The zero-order valence-electron chi connectivity index (χ0n) is 17.4. The predicted octanol–water partition coefficient (Wildman–Crippen LogP) is 2.88. The smallest absolute Gasteiger partial charge is 0.416 e. The fourth-order valence-electron chi connectivity index (χ4n) is 3.50. The summed E-state index contributed by atoms with van der Waals surface area (Å²) in [5.41, 5.74) is -1.45. The lowest BCUT2D eigenvalue weighted by molar-refractivity contribution is -0.147. The van der Waals surface area contributed by atoms with Crippen LogP contribution in [0, 0.1) is 5.92 Å². The summed E-state index contributed by atoms with van der Waals surface area (Å²) in [6.07, 6.45) is -3.00. The topological polar surface area (TPSA) is 92.8 Å². The minimum atomic E-state index is -4.72. The minimum Gasteiger partial charge on any atom is -0.467 e. The van der Waals surface area contributed by atoms with Crippen molar-refractivity contribution in [3.05, 3.63) is 35.4 Å². The number of ether oxygens (including phenoxy) is 1. The van der Waals surface area contributed by atoms with E-state index >= 15 is 0 Å². The van der Waals surface area contributed by atoms with Gasteiger partial charge in [-0.3, -0.25) is 4.79 Å². The van der Waals surface area contributed by atoms with E-state index in [1.165, 1.54) is 16.4 Å². The third-order valence-corrected chi connectivity index (χ3v) is 7.23. The lowest BCUT2D eigenvalue weighted by Gasteiger charge is -2.31. The molecule has 7 nitrogen and oxygen atoms in total. The summed E-state index contributed by atoms with van der Waals surface area (Å²) in [5.74, 6) is -2.22. The number of hydrogen-bond acceptors (Lipinski definition) is 5. The number of hydrogen-bond donors (Lipinski definition) is 1. The van der Waals surface area contributed by atoms with Crippen LogP contribution in [-0.4, -0.2) is 50.6 Å². The Bertz CT molecular complexity index is 881. The Morgan fingerprint density at radius 1 is 1.23 bits per heavy atom. The minimum absolute atomic E-state index is 0.0407. The third kappa shape index (κ3) is 6.42. The van der Waals surface area contributed by atoms with Gasteiger partial charge in [-0.2, -0.15) is 13.2 Å². The molecule has 1 heterocycles. The van der Waals surface area contributed by atoms with Gasteiger partial charge in [0.1, 0.15) is 0 Å². The lowest BCUT2D eigenvalue weighted by atomic mass is 9.95. The second kappa shape index (κ2) is 10.4. The number of amides is 1. The van der Waals surface area contributed by atoms with Crippen LogP contribution in [-0.2, 0) is 30.5 Å². The van der Waals surface area contributed by atoms with Gasteiger partial charge >= 0.3 is 12.1 Å². The van der Waals surface area contributed by atoms with Crippen LogP contribution < -0.4 is 5.32 Å². The van der Waals surface area contributed by atoms with Gasteiger partial charge in [0.15, 0.2) is 6.04 Å². The first-order valence-corrected chi connectivity index (χ1v) is 11.6. The van der Waals surface area contributed by atoms with Gasteiger partial charge in [0, 0.05) is 19.0 Å². The summed E-state index contributed by atoms with van der Waals surface area (Å²) in [6, 6.07) is 2.86. The molecule has 0 radical (unpaired) electrons. The normalized spacial score (nSPS) is 17.2. The Hall–Kier alpha value is -2.14. The van der Waals surface area contributed by atoms with Crippen molar-refractivity contribution in [2.75, 3.05) is 26.0 Å². The molecule has 31 heavy (non-hydrogen) atoms. The Morgan fingerprint density at radius 2 is 1.84 bits per heavy atom. The second-order valence-corrected chi connectivity index (χ2v) is 9.48. The number of benzene rings is 1. The molecule has 1 fully saturated rings. The van der Waals surface area contributed by atoms with E-state index in [0.717, 1.165) is 25.7 Å². The molecule has 1 unspecified atom stereocenters. The van der Waals surface area contributed by atoms with Crippen LogP contribution in [0.4, 0.5) is 13.2 Å². The van der Waals surface area contributed by atoms with E-state index in [-0.39, 0.29) is 31.7 Å². The number of sulfonamides is 1. The van der Waals surface area contributed by atoms with E-state index < -0.39 is 51.2 Å². The highest BCUT2D eigenvalue weighted by Crippen LogP contribution is 2.35. The quantitative estimate of drug-likeness (QED) is 0.598. The zero-order valence-corrected chi connectivity index (χ0v) is 18.3. The molecule has 1 aliphatic rings. The maximum absolute atomic E-state index is 13.4. The zero-order chi connectivity index (χ0) is 23.2. The summed E-state index contributed by atoms with van der Waals surface area (Å²) in [6.45, 7) is 2.18. The van der Waals surface area contributed by atoms with Crippen LogP contribution in [0.25, 0.3) is 0 Å². The van der Waals surface area contributed by atoms with Crippen molar-refractivity contribution in [1.29, 1.82) is 0 Å². The summed E-state index contributed by atoms with van der Waals surface area (Å²) < 4.78 is 70.7. The molecule has 0 bridgehead atoms. The van der Waals surface area contributed by atoms with Crippen molar-refractivity contribution < 1.29 is 35.9 Å². The van der Waals surface area contributed by atoms with Crippen molar-refractivity contribution in [2.24, 2.45) is 5.92 Å². The number of rotatable bonds is 8. The van der Waals surface area contributed by atoms with Crippen molar-refractivity contribution in [1.82, 2.24) is 9.62 Å². The summed E-state index contributed by atoms with van der Waals surface area (Å²) >= 11 is 0. The molecule has 2 rings (SSSR count). The highest BCUT2D eigenvalue weighted by molar-refractivity contribution is 7.89. The first-order chi connectivity index (χ1) is 14.5. The molecule has 0 aromatic heterocycles. The molecule has 11 heteroatoms. The molecule has 1 atom stereocenters. The summed E-state index contributed by atoms with van der Waals surface area (Å²) in [4.78, 5) is 24.9. The van der Waals surface area contributed by atoms with Gasteiger partial charge < -0.3 is 10.1 Å². The molecule has 0 saturated carbocycles. The molecule has 0 spiro atoms. The second-order valence-electron chi connectivity index (χ2n) is 7.39. The number of methoxy groups -OCH3 is 1. The van der Waals surface area contributed by atoms with E-state index in [9.17, 15) is 31.2 Å². The van der Waals surface area contributed by atoms with Crippen molar-refractivity contribution in [2.45, 2.75) is 44.8 Å². The van der Waals surface area contributed by atoms with E-state index in [4.69, 9.17) is 0 Å². The molecule has 1 N–H and O–H groups in total. The maximum Gasteiger partial charge on any atom is 0.416 e. The van der Waals surface area contributed by atoms with Crippen molar-refractivity contribution in [3.8, 4) is 0 Å². The number of nitrogens with one attached hydrogen (secondary N) is 1. The first-order valence-electron chi connectivity index (χ1n) is 10.0. The molecule has 174 valence electrons. The average Bonchev–Trinajstić information content (AvgIpc) is 2.75. The summed E-state index contributed by atoms with van der Waals surface area (Å²) in [7, 11) is -2.37. The van der Waals surface area contributed by atoms with Crippen LogP contribution >= 0.6 is 0 Å². The fourth-order valence-corrected chi connectivity index (χ4v) is 5.18. The van der Waals surface area contributed by atoms with Gasteiger partial charge in [0.2, 0.25) is 15.9 Å². The van der Waals surface area contributed by atoms with Crippen LogP contribution in [0.5, 0.6) is 0 Å². The monoisotopic (exact) mass is 464 g/mol. The SMILES string of the molecule is CCCCS(=O)(=O)N1CCC(C(=O)NC(C(=O)OC)c2ccccc2C(F)(F)F)CC1. The lowest BCUT2D eigenvalue weighted by Crippen LogP contribution is -2.45. The largest absolute Gasteiger partial charge is 0.467 e. The van der Waals surface area contributed by atoms with E-state index in [1.54, 1.807) is 0 Å². The Balaban J connectivity index is 2.13. The Labute approximate surface area is 180 Å². The Morgan fingerprint density at radius 3 is 2.39 bits per heavy atom. The van der Waals surface area contributed by atoms with Gasteiger partial charge in [0.25, 0.3) is 0 Å². The molecular formula is C20H27F3N2O5S. The standard InChI is InChI=1S/C20H27F3N2O5S/c1-3-4-13-31(28,29)25-11-9-14(10-12-25)18(26)24-17(19(27)30-2)15-7-5-6-8-16(15)20(21,22)23/h5-8,14,17H,3-4,9-13H2,1-2H3,(H,24,26). The van der Waals surface area contributed by atoms with Gasteiger partial charge in [-0.1, -0.05) is 31.5 Å². The number of unbranched alkanes of at least 4 members (excludes halogenated alkanes) is 1. The summed E-state index contributed by atoms with van der Waals surface area (Å²) in [5, 5.41) is 2.37. The molecule has 1 aliphatic heterocycles. The van der Waals surface area contributed by atoms with Gasteiger partial charge in [0.05, 0.1) is 18.4 Å². The van der Waals surface area contributed by atoms with Crippen LogP contribution in [0.3, 0.4) is 0 Å². The first kappa shape index (κ1) is 25.1. The number of carbonyl (C=O) groups excluding carboxylic acids is 2. The van der Waals surface area contributed by atoms with E-state index in [2.05, 4.69) is 10.1 Å².